The number of nitrogens with zero attached hydrogens (tertiary/aromatic N) is 2. The van der Waals surface area contributed by atoms with E-state index in [4.69, 9.17) is 5.73 Å². The van der Waals surface area contributed by atoms with E-state index in [0.29, 0.717) is 16.7 Å². The minimum absolute atomic E-state index is 0.0143. The van der Waals surface area contributed by atoms with Gasteiger partial charge in [-0.2, -0.15) is 0 Å². The van der Waals surface area contributed by atoms with Gasteiger partial charge < -0.3 is 10.5 Å². The second kappa shape index (κ2) is 5.62. The van der Waals surface area contributed by atoms with Gasteiger partial charge in [-0.25, -0.2) is 14.2 Å². The molecule has 0 bridgehead atoms. The van der Waals surface area contributed by atoms with Crippen molar-refractivity contribution in [2.45, 2.75) is 13.3 Å². The van der Waals surface area contributed by atoms with Crippen LogP contribution in [0.15, 0.2) is 22.7 Å². The third-order valence-corrected chi connectivity index (χ3v) is 3.48. The molecule has 1 aromatic heterocycles. The van der Waals surface area contributed by atoms with Crippen LogP contribution in [0, 0.1) is 5.82 Å². The Hall–Kier alpha value is -1.89. The Morgan fingerprint density at radius 3 is 2.80 bits per heavy atom. The highest BCUT2D eigenvalue weighted by Gasteiger charge is 2.23. The van der Waals surface area contributed by atoms with Crippen molar-refractivity contribution in [3.8, 4) is 5.69 Å². The summed E-state index contributed by atoms with van der Waals surface area (Å²) in [7, 11) is 1.24. The summed E-state index contributed by atoms with van der Waals surface area (Å²) in [5.74, 6) is -0.578. The number of carbonyl (C=O) groups is 1. The van der Waals surface area contributed by atoms with Crippen molar-refractivity contribution >= 4 is 27.7 Å². The Labute approximate surface area is 123 Å². The van der Waals surface area contributed by atoms with Gasteiger partial charge in [-0.1, -0.05) is 13.0 Å². The van der Waals surface area contributed by atoms with Crippen LogP contribution in [0.2, 0.25) is 0 Å². The van der Waals surface area contributed by atoms with Gasteiger partial charge in [0, 0.05) is 10.9 Å². The number of hydrogen-bond donors (Lipinski definition) is 1. The zero-order valence-electron chi connectivity index (χ0n) is 11.0. The van der Waals surface area contributed by atoms with Gasteiger partial charge >= 0.3 is 5.97 Å². The van der Waals surface area contributed by atoms with E-state index in [9.17, 15) is 9.18 Å². The first-order valence-electron chi connectivity index (χ1n) is 5.91. The third-order valence-electron chi connectivity index (χ3n) is 2.84. The number of methoxy groups -OCH3 is 1. The van der Waals surface area contributed by atoms with Gasteiger partial charge in [-0.05, 0) is 28.1 Å². The predicted molar refractivity (Wildman–Crippen MR) is 76.4 cm³/mol. The molecule has 0 aliphatic carbocycles. The van der Waals surface area contributed by atoms with Crippen LogP contribution in [0.4, 0.5) is 10.2 Å². The number of anilines is 1. The number of para-hydroxylation sites is 1. The Morgan fingerprint density at radius 2 is 2.25 bits per heavy atom. The number of esters is 1. The lowest BCUT2D eigenvalue weighted by Gasteiger charge is -2.11. The first kappa shape index (κ1) is 14.5. The monoisotopic (exact) mass is 341 g/mol. The second-order valence-electron chi connectivity index (χ2n) is 4.01. The Morgan fingerprint density at radius 1 is 1.55 bits per heavy atom. The van der Waals surface area contributed by atoms with Crippen LogP contribution in [-0.2, 0) is 11.2 Å². The van der Waals surface area contributed by atoms with Gasteiger partial charge in [-0.15, -0.1) is 0 Å². The molecule has 1 aromatic carbocycles. The highest BCUT2D eigenvalue weighted by atomic mass is 79.9. The van der Waals surface area contributed by atoms with Crippen LogP contribution >= 0.6 is 15.9 Å². The molecule has 0 fully saturated rings. The molecule has 2 N–H and O–H groups in total. The zero-order valence-corrected chi connectivity index (χ0v) is 12.6. The fourth-order valence-corrected chi connectivity index (χ4v) is 2.44. The summed E-state index contributed by atoms with van der Waals surface area (Å²) < 4.78 is 20.6. The topological polar surface area (TPSA) is 70.1 Å². The predicted octanol–water partition coefficient (Wildman–Crippen LogP) is 2.71. The molecule has 0 amide bonds. The summed E-state index contributed by atoms with van der Waals surface area (Å²) in [6.45, 7) is 1.84. The lowest BCUT2D eigenvalue weighted by molar-refractivity contribution is 0.0595. The number of hydrogen-bond acceptors (Lipinski definition) is 4. The van der Waals surface area contributed by atoms with E-state index in [-0.39, 0.29) is 17.2 Å². The van der Waals surface area contributed by atoms with Crippen LogP contribution in [0.25, 0.3) is 5.69 Å². The second-order valence-corrected chi connectivity index (χ2v) is 4.87. The minimum atomic E-state index is -0.650. The number of carbonyl (C=O) groups excluding carboxylic acids is 1. The maximum Gasteiger partial charge on any atom is 0.360 e. The van der Waals surface area contributed by atoms with Gasteiger partial charge in [-0.3, -0.25) is 4.57 Å². The molecule has 0 saturated carbocycles. The van der Waals surface area contributed by atoms with Crippen molar-refractivity contribution in [2.75, 3.05) is 12.8 Å². The molecule has 20 heavy (non-hydrogen) atoms. The van der Waals surface area contributed by atoms with Gasteiger partial charge in [0.15, 0.2) is 5.69 Å². The molecular formula is C13H13BrFN3O2. The molecule has 0 saturated heterocycles. The van der Waals surface area contributed by atoms with E-state index in [1.807, 2.05) is 6.92 Å². The molecule has 0 spiro atoms. The molecule has 0 unspecified atom stereocenters. The number of imidazole rings is 1. The smallest absolute Gasteiger partial charge is 0.360 e. The fourth-order valence-electron chi connectivity index (χ4n) is 1.92. The maximum absolute atomic E-state index is 14.1. The molecule has 106 valence electrons. The summed E-state index contributed by atoms with van der Waals surface area (Å²) in [4.78, 5) is 15.8. The van der Waals surface area contributed by atoms with Gasteiger partial charge in [0.05, 0.1) is 12.8 Å². The number of benzene rings is 1. The minimum Gasteiger partial charge on any atom is -0.464 e. The number of aromatic nitrogens is 2. The maximum atomic E-state index is 14.1. The number of rotatable bonds is 3. The number of aryl methyl sites for hydroxylation is 1. The first-order valence-corrected chi connectivity index (χ1v) is 6.70. The first-order chi connectivity index (χ1) is 9.51. The Bertz CT molecular complexity index is 650. The van der Waals surface area contributed by atoms with Crippen LogP contribution in [0.1, 0.15) is 23.2 Å². The summed E-state index contributed by atoms with van der Waals surface area (Å²) >= 11 is 3.28. The molecule has 0 aliphatic heterocycles. The lowest BCUT2D eigenvalue weighted by atomic mass is 10.3. The molecule has 7 heteroatoms. The van der Waals surface area contributed by atoms with Gasteiger partial charge in [0.25, 0.3) is 0 Å². The molecule has 1 heterocycles. The molecule has 0 atom stereocenters. The standard InChI is InChI=1S/C13H13BrFN3O2/c1-3-9-17-10(13(19)20-2)12(16)18(9)11-7(14)5-4-6-8(11)15/h4-6H,3,16H2,1-2H3. The van der Waals surface area contributed by atoms with Crippen LogP contribution < -0.4 is 5.73 Å². The van der Waals surface area contributed by atoms with Crippen molar-refractivity contribution < 1.29 is 13.9 Å². The quantitative estimate of drug-likeness (QED) is 0.871. The molecule has 2 aromatic rings. The zero-order chi connectivity index (χ0) is 14.9. The summed E-state index contributed by atoms with van der Waals surface area (Å²) in [5, 5.41) is 0. The van der Waals surface area contributed by atoms with Crippen LogP contribution in [-0.4, -0.2) is 22.6 Å². The van der Waals surface area contributed by atoms with Crippen molar-refractivity contribution in [1.82, 2.24) is 9.55 Å². The number of ether oxygens (including phenoxy) is 1. The normalized spacial score (nSPS) is 10.6. The summed E-state index contributed by atoms with van der Waals surface area (Å²) in [5.41, 5.74) is 6.15. The molecular weight excluding hydrogens is 329 g/mol. The van der Waals surface area contributed by atoms with E-state index >= 15 is 0 Å². The summed E-state index contributed by atoms with van der Waals surface area (Å²) in [6.07, 6.45) is 0.488. The summed E-state index contributed by atoms with van der Waals surface area (Å²) in [6, 6.07) is 4.58. The SMILES string of the molecule is CCc1nc(C(=O)OC)c(N)n1-c1c(F)cccc1Br. The third kappa shape index (κ3) is 2.29. The van der Waals surface area contributed by atoms with Gasteiger partial charge in [0.2, 0.25) is 0 Å². The molecule has 5 nitrogen and oxygen atoms in total. The largest absolute Gasteiger partial charge is 0.464 e. The van der Waals surface area contributed by atoms with Crippen molar-refractivity contribution in [3.63, 3.8) is 0 Å². The number of nitrogen functional groups attached to an aromatic ring is 1. The highest BCUT2D eigenvalue weighted by molar-refractivity contribution is 9.10. The Kier molecular flexibility index (Phi) is 4.08. The lowest BCUT2D eigenvalue weighted by Crippen LogP contribution is -2.09. The highest BCUT2D eigenvalue weighted by Crippen LogP contribution is 2.29. The molecule has 0 radical (unpaired) electrons. The molecule has 2 rings (SSSR count). The van der Waals surface area contributed by atoms with Crippen LogP contribution in [0.5, 0.6) is 0 Å². The van der Waals surface area contributed by atoms with Crippen molar-refractivity contribution in [1.29, 1.82) is 0 Å². The van der Waals surface area contributed by atoms with E-state index in [2.05, 4.69) is 25.7 Å². The average Bonchev–Trinajstić information content (AvgIpc) is 2.75. The number of nitrogens with two attached hydrogens (primary N) is 1. The molecule has 0 aliphatic rings. The van der Waals surface area contributed by atoms with E-state index in [1.54, 1.807) is 12.1 Å². The Balaban J connectivity index is 2.74. The van der Waals surface area contributed by atoms with Gasteiger partial charge in [0.1, 0.15) is 17.5 Å². The number of halogens is 2. The van der Waals surface area contributed by atoms with Crippen LogP contribution in [0.3, 0.4) is 0 Å². The van der Waals surface area contributed by atoms with E-state index < -0.39 is 11.8 Å². The van der Waals surface area contributed by atoms with Crippen molar-refractivity contribution in [3.05, 3.63) is 40.0 Å². The average molecular weight is 342 g/mol. The van der Waals surface area contributed by atoms with E-state index in [1.165, 1.54) is 17.7 Å². The van der Waals surface area contributed by atoms with E-state index in [0.717, 1.165) is 0 Å². The fraction of sp³-hybridized carbons (Fsp3) is 0.231. The van der Waals surface area contributed by atoms with Crippen molar-refractivity contribution in [2.24, 2.45) is 0 Å².